The molecule has 1 N–H and O–H groups in total. The minimum Gasteiger partial charge on any atom is -0.355 e. The van der Waals surface area contributed by atoms with E-state index in [-0.39, 0.29) is 11.3 Å². The van der Waals surface area contributed by atoms with E-state index in [9.17, 15) is 4.79 Å². The van der Waals surface area contributed by atoms with Crippen molar-refractivity contribution in [2.75, 3.05) is 6.54 Å². The Bertz CT molecular complexity index is 454. The van der Waals surface area contributed by atoms with Gasteiger partial charge in [0.25, 0.3) is 0 Å². The van der Waals surface area contributed by atoms with E-state index in [0.717, 1.165) is 38.6 Å². The summed E-state index contributed by atoms with van der Waals surface area (Å²) >= 11 is 0. The Balaban J connectivity index is 2.24. The molecule has 0 radical (unpaired) electrons. The molecule has 1 unspecified atom stereocenters. The second kappa shape index (κ2) is 6.92. The number of amides is 1. The predicted octanol–water partition coefficient (Wildman–Crippen LogP) is 3.98. The number of fused-ring (bicyclic) bond motifs is 1. The van der Waals surface area contributed by atoms with E-state index >= 15 is 0 Å². The first-order valence-corrected chi connectivity index (χ1v) is 8.11. The van der Waals surface area contributed by atoms with Crippen molar-refractivity contribution < 1.29 is 4.79 Å². The molecule has 2 rings (SSSR count). The molecule has 0 bridgehead atoms. The number of benzene rings is 1. The van der Waals surface area contributed by atoms with Gasteiger partial charge in [0.1, 0.15) is 0 Å². The van der Waals surface area contributed by atoms with Gasteiger partial charge in [-0.1, -0.05) is 57.4 Å². The van der Waals surface area contributed by atoms with Crippen molar-refractivity contribution >= 4 is 5.91 Å². The van der Waals surface area contributed by atoms with E-state index in [1.54, 1.807) is 0 Å². The summed E-state index contributed by atoms with van der Waals surface area (Å²) < 4.78 is 0. The summed E-state index contributed by atoms with van der Waals surface area (Å²) in [5, 5.41) is 3.14. The lowest BCUT2D eigenvalue weighted by Gasteiger charge is -2.29. The molecule has 1 aliphatic carbocycles. The van der Waals surface area contributed by atoms with Crippen LogP contribution in [0.3, 0.4) is 0 Å². The molecule has 0 aliphatic heterocycles. The zero-order valence-corrected chi connectivity index (χ0v) is 12.9. The molecule has 0 saturated carbocycles. The summed E-state index contributed by atoms with van der Waals surface area (Å²) in [7, 11) is 0. The van der Waals surface area contributed by atoms with Crippen LogP contribution in [-0.2, 0) is 16.6 Å². The molecule has 2 heteroatoms. The average Bonchev–Trinajstić information content (AvgIpc) is 2.85. The average molecular weight is 273 g/mol. The number of hydrogen-bond donors (Lipinski definition) is 1. The molecule has 0 fully saturated rings. The van der Waals surface area contributed by atoms with Gasteiger partial charge in [-0.2, -0.15) is 0 Å². The van der Waals surface area contributed by atoms with Crippen LogP contribution in [0, 0.1) is 0 Å². The highest BCUT2D eigenvalue weighted by atomic mass is 16.2. The molecule has 0 heterocycles. The lowest BCUT2D eigenvalue weighted by atomic mass is 9.76. The van der Waals surface area contributed by atoms with Crippen LogP contribution in [0.4, 0.5) is 0 Å². The summed E-state index contributed by atoms with van der Waals surface area (Å²) in [4.78, 5) is 12.8. The van der Waals surface area contributed by atoms with E-state index in [1.807, 2.05) is 0 Å². The third-order valence-electron chi connectivity index (χ3n) is 4.53. The molecule has 0 saturated heterocycles. The first-order valence-electron chi connectivity index (χ1n) is 8.11. The summed E-state index contributed by atoms with van der Waals surface area (Å²) in [5.41, 5.74) is 2.39. The van der Waals surface area contributed by atoms with E-state index in [4.69, 9.17) is 0 Å². The number of aryl methyl sites for hydroxylation is 1. The molecule has 0 spiro atoms. The van der Waals surface area contributed by atoms with Crippen molar-refractivity contribution in [2.24, 2.45) is 0 Å². The van der Waals surface area contributed by atoms with Gasteiger partial charge in [0, 0.05) is 6.54 Å². The van der Waals surface area contributed by atoms with Crippen molar-refractivity contribution in [2.45, 2.75) is 64.2 Å². The maximum atomic E-state index is 12.8. The van der Waals surface area contributed by atoms with Gasteiger partial charge < -0.3 is 5.32 Å². The van der Waals surface area contributed by atoms with Crippen LogP contribution >= 0.6 is 0 Å². The fourth-order valence-electron chi connectivity index (χ4n) is 3.38. The number of rotatable bonds is 7. The molecule has 1 aromatic carbocycles. The minimum absolute atomic E-state index is 0.250. The molecule has 1 aromatic rings. The minimum atomic E-state index is -0.263. The smallest absolute Gasteiger partial charge is 0.230 e. The Hall–Kier alpha value is -1.31. The first-order chi connectivity index (χ1) is 9.74. The molecule has 110 valence electrons. The molecule has 1 aliphatic rings. The van der Waals surface area contributed by atoms with E-state index in [1.165, 1.54) is 24.0 Å². The molecular formula is C18H27NO. The van der Waals surface area contributed by atoms with Crippen LogP contribution in [0.5, 0.6) is 0 Å². The van der Waals surface area contributed by atoms with Gasteiger partial charge in [0.15, 0.2) is 0 Å². The summed E-state index contributed by atoms with van der Waals surface area (Å²) in [5.74, 6) is 0.250. The number of carbonyl (C=O) groups excluding carboxylic acids is 1. The molecule has 0 aromatic heterocycles. The lowest BCUT2D eigenvalue weighted by molar-refractivity contribution is -0.127. The van der Waals surface area contributed by atoms with Gasteiger partial charge in [-0.15, -0.1) is 0 Å². The van der Waals surface area contributed by atoms with Gasteiger partial charge >= 0.3 is 0 Å². The molecule has 20 heavy (non-hydrogen) atoms. The van der Waals surface area contributed by atoms with E-state index in [2.05, 4.69) is 43.4 Å². The van der Waals surface area contributed by atoms with Gasteiger partial charge in [0.05, 0.1) is 5.41 Å². The second-order valence-corrected chi connectivity index (χ2v) is 5.95. The van der Waals surface area contributed by atoms with Gasteiger partial charge in [-0.25, -0.2) is 0 Å². The van der Waals surface area contributed by atoms with Gasteiger partial charge in [-0.3, -0.25) is 4.79 Å². The zero-order valence-electron chi connectivity index (χ0n) is 12.9. The molecule has 2 nitrogen and oxygen atoms in total. The molecule has 1 amide bonds. The van der Waals surface area contributed by atoms with Crippen LogP contribution < -0.4 is 5.32 Å². The number of carbonyl (C=O) groups is 1. The van der Waals surface area contributed by atoms with Gasteiger partial charge in [0.2, 0.25) is 5.91 Å². The largest absolute Gasteiger partial charge is 0.355 e. The highest BCUT2D eigenvalue weighted by molar-refractivity contribution is 5.89. The van der Waals surface area contributed by atoms with Crippen molar-refractivity contribution in [1.29, 1.82) is 0 Å². The topological polar surface area (TPSA) is 29.1 Å². The predicted molar refractivity (Wildman–Crippen MR) is 83.9 cm³/mol. The molecular weight excluding hydrogens is 246 g/mol. The first kappa shape index (κ1) is 15.1. The normalized spacial score (nSPS) is 20.7. The SMILES string of the molecule is CCCCCC1(C(=O)NCCC)CCc2ccccc21. The van der Waals surface area contributed by atoms with Crippen LogP contribution in [0.2, 0.25) is 0 Å². The Labute approximate surface area is 123 Å². The highest BCUT2D eigenvalue weighted by Crippen LogP contribution is 2.43. The fourth-order valence-corrected chi connectivity index (χ4v) is 3.38. The van der Waals surface area contributed by atoms with Crippen LogP contribution in [0.25, 0.3) is 0 Å². The Kier molecular flexibility index (Phi) is 5.22. The lowest BCUT2D eigenvalue weighted by Crippen LogP contribution is -2.43. The van der Waals surface area contributed by atoms with Crippen LogP contribution in [0.15, 0.2) is 24.3 Å². The van der Waals surface area contributed by atoms with E-state index in [0.29, 0.717) is 0 Å². The second-order valence-electron chi connectivity index (χ2n) is 5.95. The number of hydrogen-bond acceptors (Lipinski definition) is 1. The monoisotopic (exact) mass is 273 g/mol. The maximum Gasteiger partial charge on any atom is 0.230 e. The van der Waals surface area contributed by atoms with Crippen molar-refractivity contribution in [3.05, 3.63) is 35.4 Å². The highest BCUT2D eigenvalue weighted by Gasteiger charge is 2.44. The number of nitrogens with one attached hydrogen (secondary N) is 1. The Morgan fingerprint density at radius 3 is 2.75 bits per heavy atom. The Morgan fingerprint density at radius 1 is 1.20 bits per heavy atom. The quantitative estimate of drug-likeness (QED) is 0.748. The van der Waals surface area contributed by atoms with Crippen molar-refractivity contribution in [1.82, 2.24) is 5.32 Å². The molecule has 1 atom stereocenters. The third kappa shape index (κ3) is 2.89. The zero-order chi connectivity index (χ0) is 14.4. The van der Waals surface area contributed by atoms with Crippen molar-refractivity contribution in [3.63, 3.8) is 0 Å². The standard InChI is InChI=1S/C18H27NO/c1-3-5-8-12-18(17(20)19-14-4-2)13-11-15-9-6-7-10-16(15)18/h6-7,9-10H,3-5,8,11-14H2,1-2H3,(H,19,20). The van der Waals surface area contributed by atoms with Crippen LogP contribution in [-0.4, -0.2) is 12.5 Å². The van der Waals surface area contributed by atoms with Crippen LogP contribution in [0.1, 0.15) is 63.5 Å². The fraction of sp³-hybridized carbons (Fsp3) is 0.611. The van der Waals surface area contributed by atoms with E-state index < -0.39 is 0 Å². The number of unbranched alkanes of at least 4 members (excludes halogenated alkanes) is 2. The summed E-state index contributed by atoms with van der Waals surface area (Å²) in [6.45, 7) is 5.11. The van der Waals surface area contributed by atoms with Crippen molar-refractivity contribution in [3.8, 4) is 0 Å². The summed E-state index contributed by atoms with van der Waals surface area (Å²) in [6, 6.07) is 8.51. The maximum absolute atomic E-state index is 12.8. The third-order valence-corrected chi connectivity index (χ3v) is 4.53. The Morgan fingerprint density at radius 2 is 2.00 bits per heavy atom. The summed E-state index contributed by atoms with van der Waals surface area (Å²) in [6.07, 6.45) is 7.57. The van der Waals surface area contributed by atoms with Gasteiger partial charge in [-0.05, 0) is 36.8 Å².